The fraction of sp³-hybridized carbons (Fsp3) is 0.517. The van der Waals surface area contributed by atoms with E-state index in [1.807, 2.05) is 60.7 Å². The summed E-state index contributed by atoms with van der Waals surface area (Å²) in [5, 5.41) is 0. The van der Waals surface area contributed by atoms with E-state index in [1.165, 1.54) is 25.7 Å². The molecule has 0 aliphatic heterocycles. The second-order valence-electron chi connectivity index (χ2n) is 9.41. The number of benzene rings is 2. The van der Waals surface area contributed by atoms with Gasteiger partial charge in [0.15, 0.2) is 11.6 Å². The van der Waals surface area contributed by atoms with Crippen molar-refractivity contribution in [1.82, 2.24) is 0 Å². The zero-order valence-corrected chi connectivity index (χ0v) is 19.3. The summed E-state index contributed by atoms with van der Waals surface area (Å²) in [6.07, 6.45) is 10.1. The van der Waals surface area contributed by atoms with E-state index < -0.39 is 0 Å². The van der Waals surface area contributed by atoms with Gasteiger partial charge in [0.05, 0.1) is 0 Å². The topological polar surface area (TPSA) is 34.1 Å². The van der Waals surface area contributed by atoms with Gasteiger partial charge in [0.2, 0.25) is 0 Å². The molecule has 2 aromatic carbocycles. The predicted octanol–water partition coefficient (Wildman–Crippen LogP) is 7.78. The van der Waals surface area contributed by atoms with Crippen LogP contribution in [0.4, 0.5) is 0 Å². The second kappa shape index (κ2) is 12.0. The molecule has 1 aliphatic carbocycles. The summed E-state index contributed by atoms with van der Waals surface area (Å²) in [5.41, 5.74) is 1.67. The minimum Gasteiger partial charge on any atom is -0.294 e. The Morgan fingerprint density at radius 2 is 1.48 bits per heavy atom. The lowest BCUT2D eigenvalue weighted by Crippen LogP contribution is -2.28. The van der Waals surface area contributed by atoms with Crippen LogP contribution in [0.5, 0.6) is 0 Å². The molecule has 2 heteroatoms. The van der Waals surface area contributed by atoms with Gasteiger partial charge in [-0.25, -0.2) is 0 Å². The molecule has 2 aromatic rings. The second-order valence-corrected chi connectivity index (χ2v) is 9.41. The first-order valence-corrected chi connectivity index (χ1v) is 12.3. The molecule has 0 heterocycles. The molecule has 0 radical (unpaired) electrons. The fourth-order valence-corrected chi connectivity index (χ4v) is 5.50. The van der Waals surface area contributed by atoms with Crippen molar-refractivity contribution >= 4 is 11.6 Å². The van der Waals surface area contributed by atoms with Crippen LogP contribution in [0, 0.1) is 23.7 Å². The van der Waals surface area contributed by atoms with Crippen molar-refractivity contribution in [3.8, 4) is 0 Å². The van der Waals surface area contributed by atoms with E-state index in [2.05, 4.69) is 13.8 Å². The van der Waals surface area contributed by atoms with Crippen molar-refractivity contribution in [2.75, 3.05) is 0 Å². The third-order valence-electron chi connectivity index (χ3n) is 7.41. The van der Waals surface area contributed by atoms with E-state index >= 15 is 0 Å². The van der Waals surface area contributed by atoms with Crippen LogP contribution in [0.1, 0.15) is 92.4 Å². The monoisotopic (exact) mass is 418 g/mol. The summed E-state index contributed by atoms with van der Waals surface area (Å²) in [6.45, 7) is 4.37. The molecule has 0 aromatic heterocycles. The van der Waals surface area contributed by atoms with E-state index in [9.17, 15) is 9.59 Å². The van der Waals surface area contributed by atoms with Gasteiger partial charge in [-0.15, -0.1) is 0 Å². The lowest BCUT2D eigenvalue weighted by Gasteiger charge is -2.37. The molecule has 3 rings (SSSR count). The molecule has 4 unspecified atom stereocenters. The molecule has 31 heavy (non-hydrogen) atoms. The largest absolute Gasteiger partial charge is 0.294 e. The first-order chi connectivity index (χ1) is 15.1. The van der Waals surface area contributed by atoms with E-state index in [1.54, 1.807) is 0 Å². The van der Waals surface area contributed by atoms with Gasteiger partial charge >= 0.3 is 0 Å². The minimum absolute atomic E-state index is 0.0738. The van der Waals surface area contributed by atoms with Crippen LogP contribution in [0.15, 0.2) is 60.7 Å². The molecular formula is C29H38O2. The maximum Gasteiger partial charge on any atom is 0.165 e. The highest BCUT2D eigenvalue weighted by Gasteiger charge is 2.31. The highest BCUT2D eigenvalue weighted by Crippen LogP contribution is 2.41. The van der Waals surface area contributed by atoms with Gasteiger partial charge in [-0.1, -0.05) is 100 Å². The smallest absolute Gasteiger partial charge is 0.165 e. The molecule has 0 bridgehead atoms. The molecule has 0 spiro atoms. The fourth-order valence-electron chi connectivity index (χ4n) is 5.50. The Hall–Kier alpha value is -2.22. The molecule has 2 nitrogen and oxygen atoms in total. The van der Waals surface area contributed by atoms with Gasteiger partial charge in [-0.05, 0) is 43.4 Å². The molecule has 0 amide bonds. The highest BCUT2D eigenvalue weighted by molar-refractivity contribution is 5.97. The van der Waals surface area contributed by atoms with Crippen LogP contribution in [0.25, 0.3) is 0 Å². The van der Waals surface area contributed by atoms with Gasteiger partial charge in [0, 0.05) is 23.5 Å². The molecule has 0 N–H and O–H groups in total. The van der Waals surface area contributed by atoms with Gasteiger partial charge in [-0.2, -0.15) is 0 Å². The van der Waals surface area contributed by atoms with E-state index in [0.29, 0.717) is 24.2 Å². The number of rotatable bonds is 11. The predicted molar refractivity (Wildman–Crippen MR) is 128 cm³/mol. The zero-order valence-electron chi connectivity index (χ0n) is 19.3. The number of carbonyl (C=O) groups excluding carboxylic acids is 2. The van der Waals surface area contributed by atoms with Crippen LogP contribution in [0.3, 0.4) is 0 Å². The Balaban J connectivity index is 1.55. The summed E-state index contributed by atoms with van der Waals surface area (Å²) >= 11 is 0. The number of carbonyl (C=O) groups is 2. The van der Waals surface area contributed by atoms with Crippen molar-refractivity contribution in [3.63, 3.8) is 0 Å². The SMILES string of the molecule is CCC(CCC(=O)c1ccccc1)C1CCCCC1CCC(C)C(=O)c1ccccc1. The molecular weight excluding hydrogens is 380 g/mol. The molecule has 1 saturated carbocycles. The van der Waals surface area contributed by atoms with Crippen LogP contribution >= 0.6 is 0 Å². The summed E-state index contributed by atoms with van der Waals surface area (Å²) in [7, 11) is 0. The van der Waals surface area contributed by atoms with Crippen molar-refractivity contribution in [3.05, 3.63) is 71.8 Å². The van der Waals surface area contributed by atoms with Crippen LogP contribution in [0.2, 0.25) is 0 Å². The molecule has 0 saturated heterocycles. The average molecular weight is 419 g/mol. The first kappa shape index (κ1) is 23.4. The summed E-state index contributed by atoms with van der Waals surface area (Å²) in [4.78, 5) is 25.4. The van der Waals surface area contributed by atoms with E-state index in [0.717, 1.165) is 36.8 Å². The zero-order chi connectivity index (χ0) is 22.1. The standard InChI is InChI=1S/C29H38O2/c1-3-23(20-21-28(30)25-13-6-4-7-14-25)27-17-11-10-12-24(27)19-18-22(2)29(31)26-15-8-5-9-16-26/h4-9,13-16,22-24,27H,3,10-12,17-21H2,1-2H3. The van der Waals surface area contributed by atoms with E-state index in [4.69, 9.17) is 0 Å². The Kier molecular flexibility index (Phi) is 9.06. The Labute approximate surface area is 188 Å². The Morgan fingerprint density at radius 1 is 0.871 bits per heavy atom. The third kappa shape index (κ3) is 6.63. The van der Waals surface area contributed by atoms with Gasteiger partial charge < -0.3 is 0 Å². The van der Waals surface area contributed by atoms with Crippen molar-refractivity contribution in [2.45, 2.75) is 71.6 Å². The van der Waals surface area contributed by atoms with Crippen LogP contribution < -0.4 is 0 Å². The van der Waals surface area contributed by atoms with Crippen molar-refractivity contribution in [1.29, 1.82) is 0 Å². The van der Waals surface area contributed by atoms with Gasteiger partial charge in [0.1, 0.15) is 0 Å². The summed E-state index contributed by atoms with van der Waals surface area (Å²) in [5.74, 6) is 2.61. The Bertz CT molecular complexity index is 811. The maximum atomic E-state index is 12.8. The number of Topliss-reactive ketones (excluding diaryl/α,β-unsaturated/α-hetero) is 2. The normalized spacial score (nSPS) is 20.7. The third-order valence-corrected chi connectivity index (χ3v) is 7.41. The van der Waals surface area contributed by atoms with Crippen LogP contribution in [-0.4, -0.2) is 11.6 Å². The lowest BCUT2D eigenvalue weighted by molar-refractivity contribution is 0.0881. The number of hydrogen-bond acceptors (Lipinski definition) is 2. The van der Waals surface area contributed by atoms with E-state index in [-0.39, 0.29) is 17.5 Å². The quantitative estimate of drug-likeness (QED) is 0.349. The van der Waals surface area contributed by atoms with Crippen LogP contribution in [-0.2, 0) is 0 Å². The Morgan fingerprint density at radius 3 is 2.13 bits per heavy atom. The van der Waals surface area contributed by atoms with Gasteiger partial charge in [-0.3, -0.25) is 9.59 Å². The van der Waals surface area contributed by atoms with Crippen molar-refractivity contribution in [2.24, 2.45) is 23.7 Å². The summed E-state index contributed by atoms with van der Waals surface area (Å²) in [6, 6.07) is 19.4. The molecule has 1 aliphatic rings. The van der Waals surface area contributed by atoms with Crippen molar-refractivity contribution < 1.29 is 9.59 Å². The summed E-state index contributed by atoms with van der Waals surface area (Å²) < 4.78 is 0. The maximum absolute atomic E-state index is 12.8. The molecule has 4 atom stereocenters. The van der Waals surface area contributed by atoms with Gasteiger partial charge in [0.25, 0.3) is 0 Å². The molecule has 1 fully saturated rings. The number of ketones is 2. The molecule has 166 valence electrons. The highest BCUT2D eigenvalue weighted by atomic mass is 16.1. The number of hydrogen-bond donors (Lipinski definition) is 0. The average Bonchev–Trinajstić information content (AvgIpc) is 2.84. The first-order valence-electron chi connectivity index (χ1n) is 12.3. The lowest BCUT2D eigenvalue weighted by atomic mass is 9.68. The minimum atomic E-state index is 0.0738.